The minimum absolute atomic E-state index is 0.521. The Bertz CT molecular complexity index is 1090. The summed E-state index contributed by atoms with van der Waals surface area (Å²) in [4.78, 5) is -1.15. The summed E-state index contributed by atoms with van der Waals surface area (Å²) < 4.78 is 4.36. The fraction of sp³-hybridized carbons (Fsp3) is 0.800. The van der Waals surface area contributed by atoms with Gasteiger partial charge >= 0.3 is 0 Å². The van der Waals surface area contributed by atoms with Gasteiger partial charge in [-0.1, -0.05) is 61.0 Å². The van der Waals surface area contributed by atoms with E-state index >= 15 is 0 Å². The molecule has 0 radical (unpaired) electrons. The molecule has 39 heavy (non-hydrogen) atoms. The fourth-order valence-corrected chi connectivity index (χ4v) is 7.93. The SMILES string of the molecule is ClC1(/N=N/C2(n3n[n+](C4(/N=N/C5(Cl)CCCCC5)CCCCC4)c4ccccc43)CCCCC2)CCCCC1. The maximum Gasteiger partial charge on any atom is 0.242 e. The van der Waals surface area contributed by atoms with Gasteiger partial charge in [-0.3, -0.25) is 0 Å². The summed E-state index contributed by atoms with van der Waals surface area (Å²) in [6.45, 7) is 0. The molecule has 0 amide bonds. The van der Waals surface area contributed by atoms with E-state index < -0.39 is 21.3 Å². The lowest BCUT2D eigenvalue weighted by Crippen LogP contribution is -2.58. The lowest BCUT2D eigenvalue weighted by atomic mass is 9.89. The second-order valence-corrected chi connectivity index (χ2v) is 14.1. The highest BCUT2D eigenvalue weighted by molar-refractivity contribution is 6.24. The largest absolute Gasteiger partial charge is 0.242 e. The summed E-state index contributed by atoms with van der Waals surface area (Å²) in [7, 11) is 0. The van der Waals surface area contributed by atoms with Gasteiger partial charge in [0, 0.05) is 25.7 Å². The van der Waals surface area contributed by atoms with Crippen molar-refractivity contribution in [2.75, 3.05) is 0 Å². The van der Waals surface area contributed by atoms with E-state index in [0.717, 1.165) is 114 Å². The highest BCUT2D eigenvalue weighted by atomic mass is 35.5. The number of hydrogen-bond donors (Lipinski definition) is 0. The van der Waals surface area contributed by atoms with E-state index in [1.807, 2.05) is 0 Å². The van der Waals surface area contributed by atoms with E-state index in [2.05, 4.69) is 33.6 Å². The van der Waals surface area contributed by atoms with Crippen LogP contribution in [0.4, 0.5) is 0 Å². The van der Waals surface area contributed by atoms with Gasteiger partial charge in [0.25, 0.3) is 0 Å². The van der Waals surface area contributed by atoms with Crippen molar-refractivity contribution in [3.05, 3.63) is 24.3 Å². The zero-order valence-corrected chi connectivity index (χ0v) is 24.8. The van der Waals surface area contributed by atoms with Gasteiger partial charge in [-0.15, -0.1) is 19.6 Å². The number of alkyl halides is 2. The van der Waals surface area contributed by atoms with E-state index in [0.29, 0.717) is 0 Å². The van der Waals surface area contributed by atoms with E-state index in [1.54, 1.807) is 0 Å². The molecule has 4 fully saturated rings. The van der Waals surface area contributed by atoms with Gasteiger partial charge in [0.1, 0.15) is 0 Å². The predicted molar refractivity (Wildman–Crippen MR) is 155 cm³/mol. The molecule has 1 aromatic heterocycles. The average molecular weight is 574 g/mol. The average Bonchev–Trinajstić information content (AvgIpc) is 3.38. The number of rotatable bonds is 6. The lowest BCUT2D eigenvalue weighted by molar-refractivity contribution is -0.799. The Balaban J connectivity index is 1.45. The molecule has 9 heteroatoms. The molecule has 4 aliphatic carbocycles. The molecule has 0 bridgehead atoms. The maximum atomic E-state index is 7.00. The third-order valence-electron chi connectivity index (χ3n) is 9.68. The third-order valence-corrected chi connectivity index (χ3v) is 10.6. The Labute approximate surface area is 242 Å². The van der Waals surface area contributed by atoms with Crippen molar-refractivity contribution in [3.63, 3.8) is 0 Å². The minimum atomic E-state index is -0.574. The van der Waals surface area contributed by atoms with Crippen LogP contribution in [-0.4, -0.2) is 19.9 Å². The first-order valence-corrected chi connectivity index (χ1v) is 16.4. The monoisotopic (exact) mass is 572 g/mol. The van der Waals surface area contributed by atoms with Crippen LogP contribution in [0, 0.1) is 0 Å². The van der Waals surface area contributed by atoms with Crippen molar-refractivity contribution in [3.8, 4) is 0 Å². The number of para-hydroxylation sites is 2. The Morgan fingerprint density at radius 1 is 0.590 bits per heavy atom. The Morgan fingerprint density at radius 2 is 1.08 bits per heavy atom. The van der Waals surface area contributed by atoms with Crippen LogP contribution in [0.1, 0.15) is 128 Å². The number of halogens is 2. The van der Waals surface area contributed by atoms with E-state index in [9.17, 15) is 0 Å². The maximum absolute atomic E-state index is 7.00. The molecule has 0 aliphatic heterocycles. The van der Waals surface area contributed by atoms with Crippen molar-refractivity contribution >= 4 is 34.2 Å². The first-order valence-electron chi connectivity index (χ1n) is 15.6. The highest BCUT2D eigenvalue weighted by Gasteiger charge is 2.49. The van der Waals surface area contributed by atoms with Gasteiger partial charge in [0.2, 0.25) is 22.4 Å². The summed E-state index contributed by atoms with van der Waals surface area (Å²) in [6.07, 6.45) is 21.2. The highest BCUT2D eigenvalue weighted by Crippen LogP contribution is 2.43. The van der Waals surface area contributed by atoms with E-state index in [-0.39, 0.29) is 0 Å². The molecule has 1 heterocycles. The van der Waals surface area contributed by atoms with Crippen LogP contribution in [0.2, 0.25) is 0 Å². The summed E-state index contributed by atoms with van der Waals surface area (Å²) >= 11 is 14.0. The quantitative estimate of drug-likeness (QED) is 0.147. The first kappa shape index (κ1) is 27.6. The normalized spacial score (nSPS) is 26.8. The van der Waals surface area contributed by atoms with Crippen LogP contribution in [0.25, 0.3) is 11.0 Å². The molecule has 0 atom stereocenters. The van der Waals surface area contributed by atoms with Gasteiger partial charge in [0.05, 0.1) is 5.21 Å². The zero-order chi connectivity index (χ0) is 26.8. The molecule has 4 aliphatic rings. The second-order valence-electron chi connectivity index (χ2n) is 12.6. The number of nitrogens with zero attached hydrogens (tertiary/aromatic N) is 7. The number of hydrogen-bond acceptors (Lipinski definition) is 5. The number of aromatic nitrogens is 3. The number of benzene rings is 1. The number of fused-ring (bicyclic) bond motifs is 1. The molecule has 6 rings (SSSR count). The Hall–Kier alpha value is -1.60. The van der Waals surface area contributed by atoms with Crippen molar-refractivity contribution in [1.82, 2.24) is 9.90 Å². The van der Waals surface area contributed by atoms with Crippen LogP contribution in [0.5, 0.6) is 0 Å². The molecular formula is C30H44Cl2N7+. The summed E-state index contributed by atoms with van der Waals surface area (Å²) in [5.74, 6) is 0. The van der Waals surface area contributed by atoms with E-state index in [1.165, 1.54) is 25.7 Å². The van der Waals surface area contributed by atoms with Gasteiger partial charge in [0.15, 0.2) is 10.00 Å². The topological polar surface area (TPSA) is 71.1 Å². The van der Waals surface area contributed by atoms with E-state index in [4.69, 9.17) is 48.9 Å². The second kappa shape index (κ2) is 11.3. The third kappa shape index (κ3) is 5.64. The standard InChI is InChI=1S/C30H44Cl2N7/c31-27(17-7-1-8-18-27)33-35-29(21-11-3-12-22-29)38-25-15-5-6-16-26(25)39(37-38)30(23-13-4-14-24-30)36-34-28(32)19-9-2-10-20-28/h5-6,15-16H,1-4,7-14,17-24H2/q+1/b35-33+,36-34+. The lowest BCUT2D eigenvalue weighted by Gasteiger charge is -2.32. The predicted octanol–water partition coefficient (Wildman–Crippen LogP) is 9.26. The fourth-order valence-electron chi connectivity index (χ4n) is 7.32. The molecule has 0 unspecified atom stereocenters. The smallest absolute Gasteiger partial charge is 0.166 e. The van der Waals surface area contributed by atoms with Crippen LogP contribution in [0.15, 0.2) is 44.7 Å². The van der Waals surface area contributed by atoms with Crippen molar-refractivity contribution < 1.29 is 4.68 Å². The Kier molecular flexibility index (Phi) is 8.02. The summed E-state index contributed by atoms with van der Waals surface area (Å²) in [6, 6.07) is 8.57. The summed E-state index contributed by atoms with van der Waals surface area (Å²) in [5, 5.41) is 25.5. The first-order chi connectivity index (χ1) is 19.0. The van der Waals surface area contributed by atoms with Crippen LogP contribution in [0.3, 0.4) is 0 Å². The molecule has 2 aromatic rings. The molecule has 1 aromatic carbocycles. The molecule has 0 saturated heterocycles. The van der Waals surface area contributed by atoms with Crippen LogP contribution in [-0.2, 0) is 11.3 Å². The van der Waals surface area contributed by atoms with Crippen molar-refractivity contribution in [2.24, 2.45) is 20.5 Å². The number of azo groups is 2. The van der Waals surface area contributed by atoms with Gasteiger partial charge in [-0.25, -0.2) is 0 Å². The Morgan fingerprint density at radius 3 is 1.67 bits per heavy atom. The van der Waals surface area contributed by atoms with Gasteiger partial charge in [-0.2, -0.15) is 10.2 Å². The molecular weight excluding hydrogens is 529 g/mol. The van der Waals surface area contributed by atoms with Crippen molar-refractivity contribution in [2.45, 2.75) is 150 Å². The molecule has 212 valence electrons. The molecule has 0 N–H and O–H groups in total. The zero-order valence-electron chi connectivity index (χ0n) is 23.3. The molecule has 0 spiro atoms. The molecule has 7 nitrogen and oxygen atoms in total. The van der Waals surface area contributed by atoms with Gasteiger partial charge < -0.3 is 0 Å². The van der Waals surface area contributed by atoms with Gasteiger partial charge in [-0.05, 0) is 89.2 Å². The molecule has 4 saturated carbocycles. The summed E-state index contributed by atoms with van der Waals surface area (Å²) in [5.41, 5.74) is 1.13. The van der Waals surface area contributed by atoms with Crippen LogP contribution >= 0.6 is 23.2 Å². The minimum Gasteiger partial charge on any atom is -0.166 e. The van der Waals surface area contributed by atoms with Crippen LogP contribution < -0.4 is 4.68 Å². The van der Waals surface area contributed by atoms with Crippen molar-refractivity contribution in [1.29, 1.82) is 0 Å².